The zero-order chi connectivity index (χ0) is 19.4. The molecule has 7 heteroatoms. The first-order chi connectivity index (χ1) is 13.0. The third-order valence-corrected chi connectivity index (χ3v) is 4.29. The molecular formula is C20H23N3O4. The van der Waals surface area contributed by atoms with Crippen LogP contribution in [0.4, 0.5) is 0 Å². The first kappa shape index (κ1) is 18.7. The molecule has 0 saturated heterocycles. The van der Waals surface area contributed by atoms with E-state index in [1.165, 1.54) is 7.11 Å². The molecule has 1 aromatic heterocycles. The fourth-order valence-electron chi connectivity index (χ4n) is 2.94. The Morgan fingerprint density at radius 3 is 2.26 bits per heavy atom. The Balaban J connectivity index is 1.82. The summed E-state index contributed by atoms with van der Waals surface area (Å²) in [6.45, 7) is 1.23. The Morgan fingerprint density at radius 1 is 0.963 bits per heavy atom. The van der Waals surface area contributed by atoms with Crippen molar-refractivity contribution < 1.29 is 14.2 Å². The summed E-state index contributed by atoms with van der Waals surface area (Å²) in [4.78, 5) is 22.0. The van der Waals surface area contributed by atoms with Crippen LogP contribution in [0.25, 0.3) is 10.9 Å². The van der Waals surface area contributed by atoms with Gasteiger partial charge in [-0.1, -0.05) is 12.1 Å². The molecule has 0 aliphatic heterocycles. The average Bonchev–Trinajstić information content (AvgIpc) is 2.67. The summed E-state index contributed by atoms with van der Waals surface area (Å²) < 4.78 is 15.7. The van der Waals surface area contributed by atoms with Crippen LogP contribution in [0.15, 0.2) is 41.2 Å². The lowest BCUT2D eigenvalue weighted by molar-refractivity contribution is 0.310. The number of aromatic amines is 1. The Hall–Kier alpha value is -3.06. The second-order valence-corrected chi connectivity index (χ2v) is 6.26. The standard InChI is InChI=1S/C20H23N3O4/c1-23(11-13-5-7-14(25-2)8-6-13)12-19-21-16-10-18(27-4)17(26-3)9-15(16)20(24)22-19/h5-10H,11-12H2,1-4H3,(H,21,22,24). The van der Waals surface area contributed by atoms with Crippen LogP contribution in [0.1, 0.15) is 11.4 Å². The van der Waals surface area contributed by atoms with Crippen LogP contribution >= 0.6 is 0 Å². The van der Waals surface area contributed by atoms with Crippen LogP contribution in [-0.2, 0) is 13.1 Å². The molecular weight excluding hydrogens is 346 g/mol. The number of fused-ring (bicyclic) bond motifs is 1. The highest BCUT2D eigenvalue weighted by molar-refractivity contribution is 5.81. The second kappa shape index (κ2) is 8.09. The molecule has 7 nitrogen and oxygen atoms in total. The van der Waals surface area contributed by atoms with E-state index in [0.717, 1.165) is 17.9 Å². The van der Waals surface area contributed by atoms with Gasteiger partial charge in [0.1, 0.15) is 11.6 Å². The molecule has 0 aliphatic carbocycles. The zero-order valence-corrected chi connectivity index (χ0v) is 15.9. The van der Waals surface area contributed by atoms with Crippen LogP contribution in [0.5, 0.6) is 17.2 Å². The van der Waals surface area contributed by atoms with E-state index in [1.54, 1.807) is 26.4 Å². The molecule has 27 heavy (non-hydrogen) atoms. The van der Waals surface area contributed by atoms with Gasteiger partial charge in [-0.3, -0.25) is 9.69 Å². The Morgan fingerprint density at radius 2 is 1.63 bits per heavy atom. The van der Waals surface area contributed by atoms with Crippen LogP contribution in [0, 0.1) is 0 Å². The minimum Gasteiger partial charge on any atom is -0.497 e. The van der Waals surface area contributed by atoms with Gasteiger partial charge in [-0.25, -0.2) is 4.98 Å². The van der Waals surface area contributed by atoms with Gasteiger partial charge in [0.15, 0.2) is 11.5 Å². The highest BCUT2D eigenvalue weighted by Gasteiger charge is 2.12. The zero-order valence-electron chi connectivity index (χ0n) is 15.9. The number of benzene rings is 2. The number of methoxy groups -OCH3 is 3. The second-order valence-electron chi connectivity index (χ2n) is 6.26. The van der Waals surface area contributed by atoms with Crippen molar-refractivity contribution >= 4 is 10.9 Å². The number of H-pyrrole nitrogens is 1. The maximum Gasteiger partial charge on any atom is 0.258 e. The van der Waals surface area contributed by atoms with E-state index in [-0.39, 0.29) is 5.56 Å². The lowest BCUT2D eigenvalue weighted by Gasteiger charge is -2.17. The highest BCUT2D eigenvalue weighted by Crippen LogP contribution is 2.29. The van der Waals surface area contributed by atoms with Gasteiger partial charge in [-0.05, 0) is 30.8 Å². The summed E-state index contributed by atoms with van der Waals surface area (Å²) in [7, 11) is 6.71. The van der Waals surface area contributed by atoms with Gasteiger partial charge < -0.3 is 19.2 Å². The Bertz CT molecular complexity index is 983. The van der Waals surface area contributed by atoms with Gasteiger partial charge in [0, 0.05) is 12.6 Å². The molecule has 0 atom stereocenters. The predicted molar refractivity (Wildman–Crippen MR) is 104 cm³/mol. The van der Waals surface area contributed by atoms with Gasteiger partial charge in [0.25, 0.3) is 5.56 Å². The molecule has 0 unspecified atom stereocenters. The molecule has 2 aromatic carbocycles. The maximum atomic E-state index is 12.5. The van der Waals surface area contributed by atoms with Crippen LogP contribution < -0.4 is 19.8 Å². The van der Waals surface area contributed by atoms with Crippen molar-refractivity contribution in [2.45, 2.75) is 13.1 Å². The molecule has 3 aromatic rings. The van der Waals surface area contributed by atoms with Gasteiger partial charge in [-0.15, -0.1) is 0 Å². The van der Waals surface area contributed by atoms with E-state index in [0.29, 0.717) is 34.8 Å². The molecule has 0 bridgehead atoms. The van der Waals surface area contributed by atoms with Crippen molar-refractivity contribution in [3.8, 4) is 17.2 Å². The smallest absolute Gasteiger partial charge is 0.258 e. The first-order valence-electron chi connectivity index (χ1n) is 8.50. The van der Waals surface area contributed by atoms with Crippen LogP contribution in [0.3, 0.4) is 0 Å². The normalized spacial score (nSPS) is 11.0. The summed E-state index contributed by atoms with van der Waals surface area (Å²) in [5.74, 6) is 2.46. The highest BCUT2D eigenvalue weighted by atomic mass is 16.5. The fraction of sp³-hybridized carbons (Fsp3) is 0.300. The van der Waals surface area contributed by atoms with E-state index < -0.39 is 0 Å². The lowest BCUT2D eigenvalue weighted by atomic mass is 10.2. The van der Waals surface area contributed by atoms with E-state index in [9.17, 15) is 4.79 Å². The van der Waals surface area contributed by atoms with Crippen molar-refractivity contribution in [3.05, 3.63) is 58.1 Å². The molecule has 0 radical (unpaired) electrons. The summed E-state index contributed by atoms with van der Waals surface area (Å²) in [5, 5.41) is 0.467. The molecule has 0 aliphatic rings. The van der Waals surface area contributed by atoms with E-state index in [4.69, 9.17) is 14.2 Å². The SMILES string of the molecule is COc1ccc(CN(C)Cc2nc3cc(OC)c(OC)cc3c(=O)[nH]2)cc1. The first-order valence-corrected chi connectivity index (χ1v) is 8.50. The van der Waals surface area contributed by atoms with Crippen LogP contribution in [0.2, 0.25) is 0 Å². The van der Waals surface area contributed by atoms with Gasteiger partial charge in [-0.2, -0.15) is 0 Å². The van der Waals surface area contributed by atoms with Crippen molar-refractivity contribution in [2.75, 3.05) is 28.4 Å². The fourth-order valence-corrected chi connectivity index (χ4v) is 2.94. The largest absolute Gasteiger partial charge is 0.497 e. The quantitative estimate of drug-likeness (QED) is 0.690. The third kappa shape index (κ3) is 4.20. The molecule has 0 spiro atoms. The number of aromatic nitrogens is 2. The number of nitrogens with one attached hydrogen (secondary N) is 1. The number of rotatable bonds is 7. The van der Waals surface area contributed by atoms with Gasteiger partial charge in [0.2, 0.25) is 0 Å². The molecule has 3 rings (SSSR count). The van der Waals surface area contributed by atoms with Crippen molar-refractivity contribution in [2.24, 2.45) is 0 Å². The van der Waals surface area contributed by atoms with Crippen LogP contribution in [-0.4, -0.2) is 43.2 Å². The number of hydrogen-bond acceptors (Lipinski definition) is 6. The average molecular weight is 369 g/mol. The predicted octanol–water partition coefficient (Wildman–Crippen LogP) is 2.58. The van der Waals surface area contributed by atoms with E-state index in [1.807, 2.05) is 31.3 Å². The topological polar surface area (TPSA) is 76.7 Å². The lowest BCUT2D eigenvalue weighted by Crippen LogP contribution is -2.22. The summed E-state index contributed by atoms with van der Waals surface area (Å²) in [6, 6.07) is 11.3. The molecule has 1 N–H and O–H groups in total. The van der Waals surface area contributed by atoms with E-state index in [2.05, 4.69) is 14.9 Å². The molecule has 0 fully saturated rings. The Labute approximate surface area is 157 Å². The summed E-state index contributed by atoms with van der Waals surface area (Å²) in [6.07, 6.45) is 0. The molecule has 0 saturated carbocycles. The van der Waals surface area contributed by atoms with Gasteiger partial charge >= 0.3 is 0 Å². The monoisotopic (exact) mass is 369 g/mol. The van der Waals surface area contributed by atoms with Crippen molar-refractivity contribution in [1.29, 1.82) is 0 Å². The molecule has 0 amide bonds. The minimum atomic E-state index is -0.200. The molecule has 142 valence electrons. The van der Waals surface area contributed by atoms with Gasteiger partial charge in [0.05, 0.1) is 38.8 Å². The maximum absolute atomic E-state index is 12.5. The minimum absolute atomic E-state index is 0.200. The third-order valence-electron chi connectivity index (χ3n) is 4.29. The summed E-state index contributed by atoms with van der Waals surface area (Å²) >= 11 is 0. The number of ether oxygens (including phenoxy) is 3. The summed E-state index contributed by atoms with van der Waals surface area (Å²) in [5.41, 5.74) is 1.52. The number of hydrogen-bond donors (Lipinski definition) is 1. The molecule has 1 heterocycles. The van der Waals surface area contributed by atoms with Crippen molar-refractivity contribution in [3.63, 3.8) is 0 Å². The number of nitrogens with zero attached hydrogens (tertiary/aromatic N) is 2. The Kier molecular flexibility index (Phi) is 5.61. The van der Waals surface area contributed by atoms with Crippen molar-refractivity contribution in [1.82, 2.24) is 14.9 Å². The van der Waals surface area contributed by atoms with E-state index >= 15 is 0 Å².